The van der Waals surface area contributed by atoms with Gasteiger partial charge in [0.15, 0.2) is 0 Å². The Bertz CT molecular complexity index is 784. The quantitative estimate of drug-likeness (QED) is 0.660. The van der Waals surface area contributed by atoms with E-state index >= 15 is 0 Å². The molecule has 1 N–H and O–H groups in total. The molecule has 0 radical (unpaired) electrons. The second-order valence-electron chi connectivity index (χ2n) is 5.45. The first kappa shape index (κ1) is 18.5. The van der Waals surface area contributed by atoms with Crippen molar-refractivity contribution >= 4 is 11.9 Å². The van der Waals surface area contributed by atoms with Gasteiger partial charge < -0.3 is 4.57 Å². The van der Waals surface area contributed by atoms with Crippen LogP contribution in [-0.2, 0) is 7.05 Å². The first-order valence-electron chi connectivity index (χ1n) is 7.02. The maximum absolute atomic E-state index is 14.1. The lowest BCUT2D eigenvalue weighted by atomic mass is 10.1. The molecule has 0 aliphatic carbocycles. The summed E-state index contributed by atoms with van der Waals surface area (Å²) in [5.74, 6) is -0.819. The molecular formula is C16H16F4N2OS. The molecule has 1 atom stereocenters. The van der Waals surface area contributed by atoms with E-state index in [1.807, 2.05) is 0 Å². The lowest BCUT2D eigenvalue weighted by molar-refractivity contribution is -0.152. The third-order valence-corrected chi connectivity index (χ3v) is 4.38. The Morgan fingerprint density at radius 1 is 1.17 bits per heavy atom. The van der Waals surface area contributed by atoms with Crippen molar-refractivity contribution in [3.8, 4) is 0 Å². The zero-order valence-electron chi connectivity index (χ0n) is 13.2. The van der Waals surface area contributed by atoms with Crippen LogP contribution >= 0.6 is 11.9 Å². The van der Waals surface area contributed by atoms with Crippen molar-refractivity contribution in [2.24, 2.45) is 7.05 Å². The molecule has 1 heterocycles. The van der Waals surface area contributed by atoms with E-state index in [0.29, 0.717) is 11.9 Å². The molecule has 1 aromatic heterocycles. The lowest BCUT2D eigenvalue weighted by Gasteiger charge is -2.22. The van der Waals surface area contributed by atoms with Gasteiger partial charge in [0.25, 0.3) is 5.56 Å². The van der Waals surface area contributed by atoms with Crippen molar-refractivity contribution in [1.82, 2.24) is 9.29 Å². The predicted octanol–water partition coefficient (Wildman–Crippen LogP) is 4.04. The molecule has 0 aliphatic rings. The molecule has 0 saturated carbocycles. The minimum atomic E-state index is -4.55. The number of hydrogen-bond acceptors (Lipinski definition) is 3. The second kappa shape index (κ2) is 6.98. The van der Waals surface area contributed by atoms with E-state index < -0.39 is 23.6 Å². The summed E-state index contributed by atoms with van der Waals surface area (Å²) in [7, 11) is 1.42. The number of nitrogens with zero attached hydrogens (tertiary/aromatic N) is 1. The van der Waals surface area contributed by atoms with Crippen LogP contribution in [0.25, 0.3) is 0 Å². The highest BCUT2D eigenvalue weighted by atomic mass is 32.2. The molecular weight excluding hydrogens is 344 g/mol. The minimum Gasteiger partial charge on any atom is -0.317 e. The maximum Gasteiger partial charge on any atom is 0.408 e. The molecule has 0 amide bonds. The van der Waals surface area contributed by atoms with E-state index in [1.165, 1.54) is 32.3 Å². The van der Waals surface area contributed by atoms with Gasteiger partial charge in [-0.05, 0) is 31.4 Å². The number of halogens is 4. The number of nitrogens with one attached hydrogen (secondary N) is 1. The Labute approximate surface area is 140 Å². The standard InChI is InChI=1S/C16H16F4N2OS/c1-9-4-6-11(7-5-9)14(16(18,19)20)21-24-12-8-22(3)15(23)10(2)13(12)17/h4-8,14,21H,1-3H3. The zero-order chi connectivity index (χ0) is 18.1. The van der Waals surface area contributed by atoms with Crippen molar-refractivity contribution in [3.05, 3.63) is 63.3 Å². The number of pyridine rings is 1. The molecule has 0 bridgehead atoms. The fourth-order valence-corrected chi connectivity index (χ4v) is 3.08. The summed E-state index contributed by atoms with van der Waals surface area (Å²) >= 11 is 0.513. The summed E-state index contributed by atoms with van der Waals surface area (Å²) in [6.07, 6.45) is -3.38. The van der Waals surface area contributed by atoms with Crippen LogP contribution in [0, 0.1) is 19.7 Å². The Morgan fingerprint density at radius 2 is 1.75 bits per heavy atom. The van der Waals surface area contributed by atoms with Crippen LogP contribution < -0.4 is 10.3 Å². The van der Waals surface area contributed by atoms with Crippen molar-refractivity contribution in [2.45, 2.75) is 31.0 Å². The van der Waals surface area contributed by atoms with Crippen LogP contribution in [0.1, 0.15) is 22.7 Å². The summed E-state index contributed by atoms with van der Waals surface area (Å²) in [5, 5.41) is 0. The van der Waals surface area contributed by atoms with Gasteiger partial charge >= 0.3 is 6.18 Å². The van der Waals surface area contributed by atoms with Crippen LogP contribution in [0.3, 0.4) is 0 Å². The Balaban J connectivity index is 2.30. The summed E-state index contributed by atoms with van der Waals surface area (Å²) < 4.78 is 57.4. The van der Waals surface area contributed by atoms with Gasteiger partial charge in [0.1, 0.15) is 11.9 Å². The Kier molecular flexibility index (Phi) is 5.39. The first-order valence-corrected chi connectivity index (χ1v) is 7.84. The highest BCUT2D eigenvalue weighted by molar-refractivity contribution is 7.97. The SMILES string of the molecule is Cc1ccc(C(NSc2cn(C)c(=O)c(C)c2F)C(F)(F)F)cc1. The average molecular weight is 360 g/mol. The van der Waals surface area contributed by atoms with E-state index in [0.717, 1.165) is 10.1 Å². The second-order valence-corrected chi connectivity index (χ2v) is 6.33. The first-order chi connectivity index (χ1) is 11.1. The monoisotopic (exact) mass is 360 g/mol. The van der Waals surface area contributed by atoms with Crippen LogP contribution in [0.2, 0.25) is 0 Å². The summed E-state index contributed by atoms with van der Waals surface area (Å²) in [4.78, 5) is 11.5. The Hall–Kier alpha value is -1.80. The molecule has 0 aliphatic heterocycles. The van der Waals surface area contributed by atoms with Gasteiger partial charge in [0, 0.05) is 13.2 Å². The summed E-state index contributed by atoms with van der Waals surface area (Å²) in [6, 6.07) is 3.96. The molecule has 3 nitrogen and oxygen atoms in total. The number of benzene rings is 1. The van der Waals surface area contributed by atoms with Gasteiger partial charge in [0.2, 0.25) is 0 Å². The van der Waals surface area contributed by atoms with E-state index in [-0.39, 0.29) is 16.0 Å². The van der Waals surface area contributed by atoms with Crippen LogP contribution in [0.15, 0.2) is 40.2 Å². The number of rotatable bonds is 4. The normalized spacial score (nSPS) is 13.1. The highest BCUT2D eigenvalue weighted by Crippen LogP contribution is 2.35. The smallest absolute Gasteiger partial charge is 0.317 e. The molecule has 1 aromatic carbocycles. The van der Waals surface area contributed by atoms with Gasteiger partial charge in [0.05, 0.1) is 10.5 Å². The van der Waals surface area contributed by atoms with Gasteiger partial charge in [-0.1, -0.05) is 29.8 Å². The molecule has 0 fully saturated rings. The minimum absolute atomic E-state index is 0.0301. The maximum atomic E-state index is 14.1. The van der Waals surface area contributed by atoms with Gasteiger partial charge in [-0.15, -0.1) is 0 Å². The Morgan fingerprint density at radius 3 is 2.29 bits per heavy atom. The molecule has 8 heteroatoms. The molecule has 0 saturated heterocycles. The lowest BCUT2D eigenvalue weighted by Crippen LogP contribution is -2.30. The third-order valence-electron chi connectivity index (χ3n) is 3.52. The molecule has 0 spiro atoms. The van der Waals surface area contributed by atoms with Crippen molar-refractivity contribution in [2.75, 3.05) is 0 Å². The van der Waals surface area contributed by atoms with Crippen LogP contribution in [0.4, 0.5) is 17.6 Å². The van der Waals surface area contributed by atoms with Crippen LogP contribution in [-0.4, -0.2) is 10.7 Å². The molecule has 130 valence electrons. The zero-order valence-corrected chi connectivity index (χ0v) is 14.1. The molecule has 2 rings (SSSR count). The van der Waals surface area contributed by atoms with Gasteiger partial charge in [-0.2, -0.15) is 13.2 Å². The fraction of sp³-hybridized carbons (Fsp3) is 0.312. The van der Waals surface area contributed by atoms with E-state index in [2.05, 4.69) is 4.72 Å². The molecule has 24 heavy (non-hydrogen) atoms. The molecule has 2 aromatic rings. The number of hydrogen-bond donors (Lipinski definition) is 1. The van der Waals surface area contributed by atoms with Gasteiger partial charge in [-0.3, -0.25) is 4.79 Å². The van der Waals surface area contributed by atoms with E-state index in [1.54, 1.807) is 19.1 Å². The van der Waals surface area contributed by atoms with Crippen molar-refractivity contribution in [3.63, 3.8) is 0 Å². The van der Waals surface area contributed by atoms with E-state index in [9.17, 15) is 22.4 Å². The third kappa shape index (κ3) is 3.99. The number of aryl methyl sites for hydroxylation is 2. The average Bonchev–Trinajstić information content (AvgIpc) is 2.50. The summed E-state index contributed by atoms with van der Waals surface area (Å²) in [5.41, 5.74) is 0.209. The predicted molar refractivity (Wildman–Crippen MR) is 85.3 cm³/mol. The van der Waals surface area contributed by atoms with Crippen LogP contribution in [0.5, 0.6) is 0 Å². The fourth-order valence-electron chi connectivity index (χ4n) is 2.11. The van der Waals surface area contributed by atoms with Gasteiger partial charge in [-0.25, -0.2) is 9.11 Å². The number of aromatic nitrogens is 1. The highest BCUT2D eigenvalue weighted by Gasteiger charge is 2.41. The van der Waals surface area contributed by atoms with Crippen molar-refractivity contribution < 1.29 is 17.6 Å². The largest absolute Gasteiger partial charge is 0.408 e. The molecule has 1 unspecified atom stereocenters. The van der Waals surface area contributed by atoms with E-state index in [4.69, 9.17) is 0 Å². The number of alkyl halides is 3. The summed E-state index contributed by atoms with van der Waals surface area (Å²) in [6.45, 7) is 3.07. The topological polar surface area (TPSA) is 34.0 Å². The van der Waals surface area contributed by atoms with Crippen molar-refractivity contribution in [1.29, 1.82) is 0 Å².